The Balaban J connectivity index is 1.93. The predicted molar refractivity (Wildman–Crippen MR) is 75.8 cm³/mol. The van der Waals surface area contributed by atoms with Gasteiger partial charge in [0.15, 0.2) is 0 Å². The van der Waals surface area contributed by atoms with Gasteiger partial charge in [0.05, 0.1) is 25.9 Å². The van der Waals surface area contributed by atoms with E-state index in [9.17, 15) is 4.79 Å². The van der Waals surface area contributed by atoms with Crippen molar-refractivity contribution >= 4 is 5.78 Å². The Morgan fingerprint density at radius 2 is 1.90 bits per heavy atom. The summed E-state index contributed by atoms with van der Waals surface area (Å²) in [5.74, 6) is 1.01. The molecular weight excluding hydrogens is 256 g/mol. The zero-order valence-corrected chi connectivity index (χ0v) is 12.3. The van der Waals surface area contributed by atoms with Crippen LogP contribution < -0.4 is 4.74 Å². The molecule has 0 radical (unpaired) electrons. The van der Waals surface area contributed by atoms with Crippen molar-refractivity contribution in [1.82, 2.24) is 0 Å². The van der Waals surface area contributed by atoms with Gasteiger partial charge in [0.2, 0.25) is 0 Å². The lowest BCUT2D eigenvalue weighted by atomic mass is 9.84. The second-order valence-corrected chi connectivity index (χ2v) is 5.19. The van der Waals surface area contributed by atoms with E-state index in [1.54, 1.807) is 14.2 Å². The minimum atomic E-state index is -0.144. The summed E-state index contributed by atoms with van der Waals surface area (Å²) < 4.78 is 16.5. The Morgan fingerprint density at radius 1 is 1.20 bits per heavy atom. The lowest BCUT2D eigenvalue weighted by Gasteiger charge is -2.34. The quantitative estimate of drug-likeness (QED) is 0.830. The monoisotopic (exact) mass is 278 g/mol. The number of hydrogen-bond donors (Lipinski definition) is 0. The fourth-order valence-corrected chi connectivity index (χ4v) is 2.64. The number of carbonyl (C=O) groups excluding carboxylic acids is 1. The molecule has 0 saturated heterocycles. The van der Waals surface area contributed by atoms with Crippen molar-refractivity contribution in [3.05, 3.63) is 29.8 Å². The number of rotatable bonds is 5. The molecule has 1 saturated carbocycles. The molecule has 1 aromatic rings. The number of ether oxygens (including phenoxy) is 3. The maximum absolute atomic E-state index is 11.7. The fraction of sp³-hybridized carbons (Fsp3) is 0.562. The Kier molecular flexibility index (Phi) is 5.15. The predicted octanol–water partition coefficient (Wildman–Crippen LogP) is 2.59. The van der Waals surface area contributed by atoms with E-state index in [0.717, 1.165) is 17.7 Å². The molecule has 110 valence electrons. The maximum atomic E-state index is 11.7. The van der Waals surface area contributed by atoms with Gasteiger partial charge in [-0.05, 0) is 24.1 Å². The van der Waals surface area contributed by atoms with Gasteiger partial charge in [-0.15, -0.1) is 0 Å². The van der Waals surface area contributed by atoms with E-state index in [-0.39, 0.29) is 23.9 Å². The Morgan fingerprint density at radius 3 is 2.50 bits per heavy atom. The summed E-state index contributed by atoms with van der Waals surface area (Å²) >= 11 is 0. The van der Waals surface area contributed by atoms with Crippen LogP contribution in [-0.2, 0) is 20.9 Å². The summed E-state index contributed by atoms with van der Waals surface area (Å²) in [5.41, 5.74) is 1.09. The molecule has 3 atom stereocenters. The van der Waals surface area contributed by atoms with Crippen molar-refractivity contribution in [2.45, 2.75) is 38.6 Å². The lowest BCUT2D eigenvalue weighted by molar-refractivity contribution is -0.145. The molecule has 0 N–H and O–H groups in total. The van der Waals surface area contributed by atoms with Crippen LogP contribution in [0.3, 0.4) is 0 Å². The summed E-state index contributed by atoms with van der Waals surface area (Å²) in [6.07, 6.45) is 1.15. The second kappa shape index (κ2) is 6.86. The molecule has 1 aliphatic carbocycles. The molecule has 1 aromatic carbocycles. The summed E-state index contributed by atoms with van der Waals surface area (Å²) in [6.45, 7) is 2.44. The van der Waals surface area contributed by atoms with E-state index >= 15 is 0 Å². The van der Waals surface area contributed by atoms with Crippen molar-refractivity contribution in [1.29, 1.82) is 0 Å². The number of methoxy groups -OCH3 is 2. The van der Waals surface area contributed by atoms with Crippen LogP contribution in [-0.4, -0.2) is 32.2 Å². The van der Waals surface area contributed by atoms with Crippen LogP contribution in [0.4, 0.5) is 0 Å². The molecule has 1 fully saturated rings. The third-order valence-electron chi connectivity index (χ3n) is 3.94. The van der Waals surface area contributed by atoms with Gasteiger partial charge in [-0.1, -0.05) is 19.1 Å². The highest BCUT2D eigenvalue weighted by Crippen LogP contribution is 2.27. The van der Waals surface area contributed by atoms with Gasteiger partial charge < -0.3 is 14.2 Å². The molecule has 0 bridgehead atoms. The zero-order chi connectivity index (χ0) is 14.5. The molecule has 4 heteroatoms. The molecule has 0 amide bonds. The Labute approximate surface area is 120 Å². The first-order valence-electron chi connectivity index (χ1n) is 6.95. The average molecular weight is 278 g/mol. The molecular formula is C16H22O4. The normalized spacial score (nSPS) is 26.6. The number of carbonyl (C=O) groups is 1. The third-order valence-corrected chi connectivity index (χ3v) is 3.94. The fourth-order valence-electron chi connectivity index (χ4n) is 2.64. The van der Waals surface area contributed by atoms with E-state index in [2.05, 4.69) is 0 Å². The highest BCUT2D eigenvalue weighted by Gasteiger charge is 2.36. The van der Waals surface area contributed by atoms with Crippen LogP contribution in [0, 0.1) is 5.92 Å². The number of hydrogen-bond acceptors (Lipinski definition) is 4. The SMILES string of the molecule is COc1ccc(CO[C@@H]2CCC(=O)[C@@H](C)[C@@H]2OC)cc1. The molecule has 4 nitrogen and oxygen atoms in total. The standard InChI is InChI=1S/C16H22O4/c1-11-14(17)8-9-15(16(11)19-3)20-10-12-4-6-13(18-2)7-5-12/h4-7,11,15-16H,8-10H2,1-3H3/t11-,15-,16+/m1/s1. The van der Waals surface area contributed by atoms with Gasteiger partial charge >= 0.3 is 0 Å². The second-order valence-electron chi connectivity index (χ2n) is 5.19. The smallest absolute Gasteiger partial charge is 0.138 e. The summed E-state index contributed by atoms with van der Waals surface area (Å²) in [4.78, 5) is 11.7. The van der Waals surface area contributed by atoms with Crippen molar-refractivity contribution in [3.63, 3.8) is 0 Å². The minimum absolute atomic E-state index is 0.0187. The van der Waals surface area contributed by atoms with Gasteiger partial charge in [0.25, 0.3) is 0 Å². The first-order chi connectivity index (χ1) is 9.65. The molecule has 2 rings (SSSR count). The Hall–Kier alpha value is -1.39. The minimum Gasteiger partial charge on any atom is -0.497 e. The molecule has 0 heterocycles. The summed E-state index contributed by atoms with van der Waals surface area (Å²) in [7, 11) is 3.29. The van der Waals surface area contributed by atoms with Crippen molar-refractivity contribution in [2.24, 2.45) is 5.92 Å². The topological polar surface area (TPSA) is 44.8 Å². The van der Waals surface area contributed by atoms with Crippen molar-refractivity contribution in [3.8, 4) is 5.75 Å². The van der Waals surface area contributed by atoms with E-state index in [0.29, 0.717) is 13.0 Å². The molecule has 1 aliphatic rings. The average Bonchev–Trinajstić information content (AvgIpc) is 2.49. The molecule has 0 aromatic heterocycles. The van der Waals surface area contributed by atoms with Crippen molar-refractivity contribution < 1.29 is 19.0 Å². The van der Waals surface area contributed by atoms with Gasteiger partial charge in [0, 0.05) is 19.4 Å². The first kappa shape index (κ1) is 15.0. The van der Waals surface area contributed by atoms with Crippen LogP contribution in [0.2, 0.25) is 0 Å². The van der Waals surface area contributed by atoms with E-state index < -0.39 is 0 Å². The summed E-state index contributed by atoms with van der Waals surface area (Å²) in [6, 6.07) is 7.80. The zero-order valence-electron chi connectivity index (χ0n) is 12.3. The van der Waals surface area contributed by atoms with E-state index in [1.807, 2.05) is 31.2 Å². The molecule has 0 spiro atoms. The Bertz CT molecular complexity index is 440. The maximum Gasteiger partial charge on any atom is 0.138 e. The van der Waals surface area contributed by atoms with Crippen LogP contribution in [0.15, 0.2) is 24.3 Å². The molecule has 20 heavy (non-hydrogen) atoms. The van der Waals surface area contributed by atoms with E-state index in [4.69, 9.17) is 14.2 Å². The lowest BCUT2D eigenvalue weighted by Crippen LogP contribution is -2.44. The highest BCUT2D eigenvalue weighted by atomic mass is 16.5. The van der Waals surface area contributed by atoms with E-state index in [1.165, 1.54) is 0 Å². The highest BCUT2D eigenvalue weighted by molar-refractivity contribution is 5.82. The van der Waals surface area contributed by atoms with Gasteiger partial charge in [-0.25, -0.2) is 0 Å². The van der Waals surface area contributed by atoms with Crippen molar-refractivity contribution in [2.75, 3.05) is 14.2 Å². The largest absolute Gasteiger partial charge is 0.497 e. The van der Waals surface area contributed by atoms with Crippen LogP contribution in [0.25, 0.3) is 0 Å². The van der Waals surface area contributed by atoms with Crippen LogP contribution in [0.5, 0.6) is 5.75 Å². The number of Topliss-reactive ketones (excluding diaryl/α,β-unsaturated/α-hetero) is 1. The van der Waals surface area contributed by atoms with Gasteiger partial charge in [0.1, 0.15) is 11.5 Å². The third kappa shape index (κ3) is 3.38. The summed E-state index contributed by atoms with van der Waals surface area (Å²) in [5, 5.41) is 0. The van der Waals surface area contributed by atoms with Gasteiger partial charge in [-0.2, -0.15) is 0 Å². The number of benzene rings is 1. The molecule has 0 unspecified atom stereocenters. The number of ketones is 1. The molecule has 0 aliphatic heterocycles. The first-order valence-corrected chi connectivity index (χ1v) is 6.95. The van der Waals surface area contributed by atoms with Gasteiger partial charge in [-0.3, -0.25) is 4.79 Å². The van der Waals surface area contributed by atoms with Crippen LogP contribution >= 0.6 is 0 Å². The van der Waals surface area contributed by atoms with Crippen LogP contribution in [0.1, 0.15) is 25.3 Å².